The highest BCUT2D eigenvalue weighted by molar-refractivity contribution is 5.04. The number of hydrogen-bond donors (Lipinski definition) is 1. The van der Waals surface area contributed by atoms with Gasteiger partial charge in [-0.2, -0.15) is 0 Å². The molecule has 6 atom stereocenters. The fraction of sp³-hybridized carbons (Fsp3) is 1.00. The quantitative estimate of drug-likeness (QED) is 0.816. The maximum Gasteiger partial charge on any atom is 0.0649 e. The summed E-state index contributed by atoms with van der Waals surface area (Å²) in [7, 11) is 0. The first kappa shape index (κ1) is 10.8. The molecule has 4 rings (SSSR count). The Kier molecular flexibility index (Phi) is 2.36. The van der Waals surface area contributed by atoms with E-state index in [-0.39, 0.29) is 0 Å². The largest absolute Gasteiger partial charge is 0.374 e. The number of fused-ring (bicyclic) bond motifs is 4. The maximum absolute atomic E-state index is 6.15. The topological polar surface area (TPSA) is 35.2 Å². The van der Waals surface area contributed by atoms with Crippen LogP contribution < -0.4 is 5.73 Å². The van der Waals surface area contributed by atoms with Gasteiger partial charge in [0, 0.05) is 12.0 Å². The number of rotatable bonds is 3. The van der Waals surface area contributed by atoms with Crippen molar-refractivity contribution in [2.45, 2.75) is 63.6 Å². The molecule has 2 N–H and O–H groups in total. The van der Waals surface area contributed by atoms with Crippen molar-refractivity contribution in [3.05, 3.63) is 0 Å². The van der Waals surface area contributed by atoms with Gasteiger partial charge in [-0.05, 0) is 62.7 Å². The van der Waals surface area contributed by atoms with E-state index in [0.717, 1.165) is 24.3 Å². The Morgan fingerprint density at radius 2 is 2.06 bits per heavy atom. The normalized spacial score (nSPS) is 55.9. The fourth-order valence-electron chi connectivity index (χ4n) is 5.55. The SMILES string of the molecule is NCC1(CC2CC3CCC2C3)CC2CCC1O2. The summed E-state index contributed by atoms with van der Waals surface area (Å²) in [5, 5.41) is 0. The van der Waals surface area contributed by atoms with Crippen LogP contribution in [0.15, 0.2) is 0 Å². The summed E-state index contributed by atoms with van der Waals surface area (Å²) in [4.78, 5) is 0. The molecule has 2 heteroatoms. The molecule has 2 saturated heterocycles. The average Bonchev–Trinajstić information content (AvgIpc) is 3.08. The second-order valence-corrected chi connectivity index (χ2v) is 7.23. The Morgan fingerprint density at radius 3 is 2.59 bits per heavy atom. The van der Waals surface area contributed by atoms with Crippen LogP contribution in [-0.2, 0) is 4.74 Å². The van der Waals surface area contributed by atoms with Crippen molar-refractivity contribution in [2.24, 2.45) is 28.9 Å². The summed E-state index contributed by atoms with van der Waals surface area (Å²) in [6.07, 6.45) is 12.3. The van der Waals surface area contributed by atoms with E-state index in [0.29, 0.717) is 17.6 Å². The van der Waals surface area contributed by atoms with Crippen LogP contribution in [-0.4, -0.2) is 18.8 Å². The molecule has 96 valence electrons. The van der Waals surface area contributed by atoms with E-state index in [4.69, 9.17) is 10.5 Å². The molecule has 0 radical (unpaired) electrons. The van der Waals surface area contributed by atoms with Crippen molar-refractivity contribution in [3.63, 3.8) is 0 Å². The number of hydrogen-bond acceptors (Lipinski definition) is 2. The molecule has 2 heterocycles. The van der Waals surface area contributed by atoms with Crippen LogP contribution >= 0.6 is 0 Å². The summed E-state index contributed by atoms with van der Waals surface area (Å²) in [6, 6.07) is 0. The molecular weight excluding hydrogens is 210 g/mol. The first-order chi connectivity index (χ1) is 8.29. The summed E-state index contributed by atoms with van der Waals surface area (Å²) in [5.41, 5.74) is 6.52. The lowest BCUT2D eigenvalue weighted by molar-refractivity contribution is 0.0463. The Hall–Kier alpha value is -0.0800. The van der Waals surface area contributed by atoms with E-state index >= 15 is 0 Å². The molecule has 4 aliphatic rings. The van der Waals surface area contributed by atoms with E-state index in [2.05, 4.69) is 0 Å². The zero-order valence-corrected chi connectivity index (χ0v) is 10.7. The van der Waals surface area contributed by atoms with Crippen molar-refractivity contribution >= 4 is 0 Å². The molecule has 4 bridgehead atoms. The number of nitrogens with two attached hydrogens (primary N) is 1. The smallest absolute Gasteiger partial charge is 0.0649 e. The summed E-state index contributed by atoms with van der Waals surface area (Å²) in [5.74, 6) is 3.10. The van der Waals surface area contributed by atoms with Gasteiger partial charge in [-0.1, -0.05) is 6.42 Å². The predicted molar refractivity (Wildman–Crippen MR) is 67.6 cm³/mol. The van der Waals surface area contributed by atoms with E-state index in [9.17, 15) is 0 Å². The lowest BCUT2D eigenvalue weighted by Crippen LogP contribution is -2.41. The van der Waals surface area contributed by atoms with Gasteiger partial charge in [0.2, 0.25) is 0 Å². The molecule has 0 aromatic rings. The third-order valence-corrected chi connectivity index (χ3v) is 6.38. The zero-order chi connectivity index (χ0) is 11.5. The molecule has 4 fully saturated rings. The van der Waals surface area contributed by atoms with Crippen molar-refractivity contribution < 1.29 is 4.74 Å². The third kappa shape index (κ3) is 1.53. The molecule has 17 heavy (non-hydrogen) atoms. The minimum Gasteiger partial charge on any atom is -0.374 e. The minimum atomic E-state index is 0.373. The molecule has 0 spiro atoms. The highest BCUT2D eigenvalue weighted by Crippen LogP contribution is 2.56. The highest BCUT2D eigenvalue weighted by Gasteiger charge is 2.54. The average molecular weight is 235 g/mol. The van der Waals surface area contributed by atoms with Gasteiger partial charge in [0.05, 0.1) is 12.2 Å². The van der Waals surface area contributed by atoms with Crippen LogP contribution in [0.5, 0.6) is 0 Å². The second kappa shape index (κ2) is 3.71. The Bertz CT molecular complexity index is 318. The first-order valence-corrected chi connectivity index (χ1v) is 7.64. The van der Waals surface area contributed by atoms with E-state index < -0.39 is 0 Å². The van der Waals surface area contributed by atoms with Gasteiger partial charge >= 0.3 is 0 Å². The van der Waals surface area contributed by atoms with Crippen LogP contribution in [0.1, 0.15) is 51.4 Å². The Labute approximate surface area is 104 Å². The van der Waals surface area contributed by atoms with Gasteiger partial charge < -0.3 is 10.5 Å². The predicted octanol–water partition coefficient (Wildman–Crippen LogP) is 2.71. The summed E-state index contributed by atoms with van der Waals surface area (Å²) < 4.78 is 6.09. The van der Waals surface area contributed by atoms with E-state index in [1.807, 2.05) is 0 Å². The van der Waals surface area contributed by atoms with Crippen LogP contribution in [0.2, 0.25) is 0 Å². The number of ether oxygens (including phenoxy) is 1. The molecule has 0 aromatic heterocycles. The lowest BCUT2D eigenvalue weighted by Gasteiger charge is -2.38. The molecule has 0 aromatic carbocycles. The molecule has 2 saturated carbocycles. The Balaban J connectivity index is 1.50. The molecule has 2 aliphatic heterocycles. The minimum absolute atomic E-state index is 0.373. The van der Waals surface area contributed by atoms with Gasteiger partial charge in [-0.3, -0.25) is 0 Å². The summed E-state index contributed by atoms with van der Waals surface area (Å²) >= 11 is 0. The monoisotopic (exact) mass is 235 g/mol. The van der Waals surface area contributed by atoms with Gasteiger partial charge in [0.25, 0.3) is 0 Å². The van der Waals surface area contributed by atoms with Crippen molar-refractivity contribution in [1.29, 1.82) is 0 Å². The molecule has 6 unspecified atom stereocenters. The fourth-order valence-corrected chi connectivity index (χ4v) is 5.55. The van der Waals surface area contributed by atoms with Gasteiger partial charge in [0.1, 0.15) is 0 Å². The molecular formula is C15H25NO. The van der Waals surface area contributed by atoms with Crippen molar-refractivity contribution in [1.82, 2.24) is 0 Å². The second-order valence-electron chi connectivity index (χ2n) is 7.23. The molecule has 0 amide bonds. The molecule has 2 aliphatic carbocycles. The standard InChI is InChI=1S/C15H25NO/c16-9-15(8-13-3-4-14(15)17-13)7-12-6-10-1-2-11(12)5-10/h10-14H,1-9,16H2. The third-order valence-electron chi connectivity index (χ3n) is 6.38. The highest BCUT2D eigenvalue weighted by atomic mass is 16.5. The van der Waals surface area contributed by atoms with Crippen LogP contribution in [0.25, 0.3) is 0 Å². The lowest BCUT2D eigenvalue weighted by atomic mass is 9.66. The van der Waals surface area contributed by atoms with Gasteiger partial charge in [0.15, 0.2) is 0 Å². The molecule has 2 nitrogen and oxygen atoms in total. The van der Waals surface area contributed by atoms with Crippen LogP contribution in [0.3, 0.4) is 0 Å². The van der Waals surface area contributed by atoms with Crippen molar-refractivity contribution in [3.8, 4) is 0 Å². The zero-order valence-electron chi connectivity index (χ0n) is 10.7. The van der Waals surface area contributed by atoms with Crippen molar-refractivity contribution in [2.75, 3.05) is 6.54 Å². The van der Waals surface area contributed by atoms with E-state index in [1.165, 1.54) is 51.4 Å². The Morgan fingerprint density at radius 1 is 1.12 bits per heavy atom. The summed E-state index contributed by atoms with van der Waals surface area (Å²) in [6.45, 7) is 0.863. The maximum atomic E-state index is 6.15. The first-order valence-electron chi connectivity index (χ1n) is 7.64. The van der Waals surface area contributed by atoms with Crippen LogP contribution in [0, 0.1) is 23.2 Å². The van der Waals surface area contributed by atoms with Crippen LogP contribution in [0.4, 0.5) is 0 Å². The van der Waals surface area contributed by atoms with Gasteiger partial charge in [-0.15, -0.1) is 0 Å². The van der Waals surface area contributed by atoms with E-state index in [1.54, 1.807) is 0 Å². The van der Waals surface area contributed by atoms with Gasteiger partial charge in [-0.25, -0.2) is 0 Å².